The van der Waals surface area contributed by atoms with Crippen molar-refractivity contribution in [3.8, 4) is 0 Å². The summed E-state index contributed by atoms with van der Waals surface area (Å²) in [7, 11) is 0. The Morgan fingerprint density at radius 1 is 1.35 bits per heavy atom. The molecule has 2 fully saturated rings. The molecule has 0 spiro atoms. The van der Waals surface area contributed by atoms with Crippen LogP contribution in [0.5, 0.6) is 0 Å². The van der Waals surface area contributed by atoms with Crippen LogP contribution in [-0.2, 0) is 6.54 Å². The van der Waals surface area contributed by atoms with Crippen LogP contribution in [0.1, 0.15) is 45.1 Å². The maximum absolute atomic E-state index is 4.14. The molecule has 1 aromatic heterocycles. The molecule has 3 nitrogen and oxygen atoms in total. The minimum atomic E-state index is 0.341. The molecule has 0 amide bonds. The molecular formula is C17H27N3. The Morgan fingerprint density at radius 3 is 2.75 bits per heavy atom. The Kier molecular flexibility index (Phi) is 4.08. The lowest BCUT2D eigenvalue weighted by atomic mass is 9.88. The van der Waals surface area contributed by atoms with Crippen molar-refractivity contribution >= 4 is 0 Å². The van der Waals surface area contributed by atoms with Gasteiger partial charge in [0.2, 0.25) is 0 Å². The topological polar surface area (TPSA) is 28.2 Å². The largest absolute Gasteiger partial charge is 0.311 e. The standard InChI is InChI=1S/C17H27N3/c1-3-4-16-12-20(11-14-7-9-18-10-8-14)17(2,13-19-16)15-5-6-15/h7-10,15-16,19H,3-6,11-13H2,1-2H3. The van der Waals surface area contributed by atoms with Crippen LogP contribution in [0.25, 0.3) is 0 Å². The number of hydrogen-bond donors (Lipinski definition) is 1. The van der Waals surface area contributed by atoms with Crippen molar-refractivity contribution in [3.05, 3.63) is 30.1 Å². The molecule has 2 heterocycles. The Bertz CT molecular complexity index is 429. The van der Waals surface area contributed by atoms with E-state index in [1.807, 2.05) is 12.4 Å². The summed E-state index contributed by atoms with van der Waals surface area (Å²) < 4.78 is 0. The molecule has 110 valence electrons. The number of nitrogens with zero attached hydrogens (tertiary/aromatic N) is 2. The van der Waals surface area contributed by atoms with E-state index in [-0.39, 0.29) is 0 Å². The van der Waals surface area contributed by atoms with Crippen molar-refractivity contribution in [1.29, 1.82) is 0 Å². The normalized spacial score (nSPS) is 31.4. The Balaban J connectivity index is 1.74. The SMILES string of the molecule is CCCC1CN(Cc2ccncc2)C(C)(C2CC2)CN1. The summed E-state index contributed by atoms with van der Waals surface area (Å²) in [5, 5.41) is 3.79. The molecule has 0 radical (unpaired) electrons. The predicted molar refractivity (Wildman–Crippen MR) is 82.5 cm³/mol. The molecule has 1 aliphatic carbocycles. The summed E-state index contributed by atoms with van der Waals surface area (Å²) in [6.45, 7) is 8.14. The highest BCUT2D eigenvalue weighted by atomic mass is 15.3. The van der Waals surface area contributed by atoms with Gasteiger partial charge in [0, 0.05) is 43.6 Å². The zero-order chi connectivity index (χ0) is 14.0. The third-order valence-corrected chi connectivity index (χ3v) is 5.13. The summed E-state index contributed by atoms with van der Waals surface area (Å²) in [5.41, 5.74) is 1.73. The molecule has 2 unspecified atom stereocenters. The minimum absolute atomic E-state index is 0.341. The summed E-state index contributed by atoms with van der Waals surface area (Å²) in [6.07, 6.45) is 9.19. The molecule has 1 N–H and O–H groups in total. The fourth-order valence-corrected chi connectivity index (χ4v) is 3.61. The van der Waals surface area contributed by atoms with Gasteiger partial charge in [-0.3, -0.25) is 9.88 Å². The van der Waals surface area contributed by atoms with Crippen molar-refractivity contribution in [3.63, 3.8) is 0 Å². The number of piperazine rings is 1. The van der Waals surface area contributed by atoms with Gasteiger partial charge < -0.3 is 5.32 Å². The van der Waals surface area contributed by atoms with E-state index in [2.05, 4.69) is 41.2 Å². The minimum Gasteiger partial charge on any atom is -0.311 e. The summed E-state index contributed by atoms with van der Waals surface area (Å²) in [6, 6.07) is 4.97. The van der Waals surface area contributed by atoms with Crippen LogP contribution in [0.3, 0.4) is 0 Å². The molecule has 1 saturated heterocycles. The Morgan fingerprint density at radius 2 is 2.10 bits per heavy atom. The van der Waals surface area contributed by atoms with Gasteiger partial charge in [-0.25, -0.2) is 0 Å². The Labute approximate surface area is 122 Å². The number of rotatable bonds is 5. The zero-order valence-corrected chi connectivity index (χ0v) is 12.8. The first-order valence-corrected chi connectivity index (χ1v) is 8.09. The zero-order valence-electron chi connectivity index (χ0n) is 12.8. The first-order chi connectivity index (χ1) is 9.72. The van der Waals surface area contributed by atoms with Crippen LogP contribution in [0.15, 0.2) is 24.5 Å². The van der Waals surface area contributed by atoms with Gasteiger partial charge >= 0.3 is 0 Å². The van der Waals surface area contributed by atoms with Gasteiger partial charge in [-0.15, -0.1) is 0 Å². The van der Waals surface area contributed by atoms with Crippen LogP contribution < -0.4 is 5.32 Å². The maximum Gasteiger partial charge on any atom is 0.0338 e. The molecule has 2 atom stereocenters. The molecule has 3 heteroatoms. The molecule has 3 rings (SSSR count). The lowest BCUT2D eigenvalue weighted by molar-refractivity contribution is 0.0260. The van der Waals surface area contributed by atoms with Crippen LogP contribution in [-0.4, -0.2) is 34.6 Å². The van der Waals surface area contributed by atoms with Crippen molar-refractivity contribution < 1.29 is 0 Å². The van der Waals surface area contributed by atoms with E-state index >= 15 is 0 Å². The fraction of sp³-hybridized carbons (Fsp3) is 0.706. The van der Waals surface area contributed by atoms with Crippen molar-refractivity contribution in [1.82, 2.24) is 15.2 Å². The number of pyridine rings is 1. The van der Waals surface area contributed by atoms with E-state index in [1.165, 1.54) is 37.8 Å². The van der Waals surface area contributed by atoms with Crippen LogP contribution >= 0.6 is 0 Å². The van der Waals surface area contributed by atoms with Gasteiger partial charge in [0.1, 0.15) is 0 Å². The maximum atomic E-state index is 4.14. The third kappa shape index (κ3) is 2.89. The second kappa shape index (κ2) is 5.82. The molecule has 1 aromatic rings. The number of nitrogens with one attached hydrogen (secondary N) is 1. The predicted octanol–water partition coefficient (Wildman–Crippen LogP) is 2.82. The van der Waals surface area contributed by atoms with E-state index in [9.17, 15) is 0 Å². The monoisotopic (exact) mass is 273 g/mol. The molecule has 1 aliphatic heterocycles. The van der Waals surface area contributed by atoms with Gasteiger partial charge in [0.25, 0.3) is 0 Å². The van der Waals surface area contributed by atoms with Crippen LogP contribution in [0, 0.1) is 5.92 Å². The van der Waals surface area contributed by atoms with E-state index in [1.54, 1.807) is 0 Å². The summed E-state index contributed by atoms with van der Waals surface area (Å²) in [5.74, 6) is 0.888. The average molecular weight is 273 g/mol. The van der Waals surface area contributed by atoms with Gasteiger partial charge in [0.15, 0.2) is 0 Å². The Hall–Kier alpha value is -0.930. The van der Waals surface area contributed by atoms with E-state index in [4.69, 9.17) is 0 Å². The van der Waals surface area contributed by atoms with Crippen LogP contribution in [0.2, 0.25) is 0 Å². The fourth-order valence-electron chi connectivity index (χ4n) is 3.61. The molecule has 1 saturated carbocycles. The number of hydrogen-bond acceptors (Lipinski definition) is 3. The lowest BCUT2D eigenvalue weighted by Crippen LogP contribution is -2.63. The molecule has 0 bridgehead atoms. The van der Waals surface area contributed by atoms with Crippen molar-refractivity contribution in [2.45, 2.75) is 57.7 Å². The second-order valence-corrected chi connectivity index (χ2v) is 6.73. The van der Waals surface area contributed by atoms with E-state index in [0.717, 1.165) is 19.0 Å². The highest BCUT2D eigenvalue weighted by molar-refractivity contribution is 5.13. The summed E-state index contributed by atoms with van der Waals surface area (Å²) >= 11 is 0. The first kappa shape index (κ1) is 14.0. The quantitative estimate of drug-likeness (QED) is 0.894. The highest BCUT2D eigenvalue weighted by Gasteiger charge is 2.47. The van der Waals surface area contributed by atoms with Gasteiger partial charge in [0.05, 0.1) is 0 Å². The summed E-state index contributed by atoms with van der Waals surface area (Å²) in [4.78, 5) is 6.87. The van der Waals surface area contributed by atoms with E-state index in [0.29, 0.717) is 11.6 Å². The second-order valence-electron chi connectivity index (χ2n) is 6.73. The van der Waals surface area contributed by atoms with Gasteiger partial charge in [-0.2, -0.15) is 0 Å². The lowest BCUT2D eigenvalue weighted by Gasteiger charge is -2.49. The van der Waals surface area contributed by atoms with E-state index < -0.39 is 0 Å². The first-order valence-electron chi connectivity index (χ1n) is 8.09. The van der Waals surface area contributed by atoms with Gasteiger partial charge in [-0.05, 0) is 49.8 Å². The van der Waals surface area contributed by atoms with Gasteiger partial charge in [-0.1, -0.05) is 13.3 Å². The number of aromatic nitrogens is 1. The molecule has 0 aromatic carbocycles. The van der Waals surface area contributed by atoms with Crippen molar-refractivity contribution in [2.75, 3.05) is 13.1 Å². The third-order valence-electron chi connectivity index (χ3n) is 5.13. The smallest absolute Gasteiger partial charge is 0.0338 e. The molecular weight excluding hydrogens is 246 g/mol. The average Bonchev–Trinajstić information content (AvgIpc) is 3.29. The highest BCUT2D eigenvalue weighted by Crippen LogP contribution is 2.44. The van der Waals surface area contributed by atoms with Crippen LogP contribution in [0.4, 0.5) is 0 Å². The molecule has 2 aliphatic rings. The molecule has 20 heavy (non-hydrogen) atoms. The van der Waals surface area contributed by atoms with Crippen molar-refractivity contribution in [2.24, 2.45) is 5.92 Å².